The minimum absolute atomic E-state index is 0.906. The van der Waals surface area contributed by atoms with Crippen LogP contribution in [0.4, 0.5) is 0 Å². The van der Waals surface area contributed by atoms with E-state index in [4.69, 9.17) is 4.98 Å². The van der Waals surface area contributed by atoms with Crippen LogP contribution in [0.3, 0.4) is 0 Å². The van der Waals surface area contributed by atoms with E-state index in [1.165, 1.54) is 16.8 Å². The fraction of sp³-hybridized carbons (Fsp3) is 0.211. The highest BCUT2D eigenvalue weighted by Gasteiger charge is 2.24. The van der Waals surface area contributed by atoms with Gasteiger partial charge in [-0.3, -0.25) is 4.90 Å². The monoisotopic (exact) mass is 321 g/mol. The average Bonchev–Trinajstić information content (AvgIpc) is 3.01. The molecule has 2 aromatic carbocycles. The molecule has 0 aliphatic carbocycles. The zero-order chi connectivity index (χ0) is 15.6. The quantitative estimate of drug-likeness (QED) is 0.705. The number of hydrogen-bond acceptors (Lipinski definition) is 3. The molecule has 0 spiro atoms. The molecule has 0 unspecified atom stereocenters. The SMILES string of the molecule is CCN1CSc2nc(-c3ccccc3)c(-c3ccccc3)n2C1. The molecule has 3 nitrogen and oxygen atoms in total. The maximum atomic E-state index is 4.97. The Bertz CT molecular complexity index is 796. The molecular formula is C19H19N3S. The Morgan fingerprint density at radius 3 is 2.26 bits per heavy atom. The molecule has 0 bridgehead atoms. The number of rotatable bonds is 3. The molecule has 23 heavy (non-hydrogen) atoms. The molecule has 0 amide bonds. The Morgan fingerprint density at radius 2 is 1.61 bits per heavy atom. The molecule has 1 aromatic heterocycles. The third kappa shape index (κ3) is 2.69. The third-order valence-corrected chi connectivity index (χ3v) is 5.26. The lowest BCUT2D eigenvalue weighted by molar-refractivity contribution is 0.252. The lowest BCUT2D eigenvalue weighted by atomic mass is 10.0. The van der Waals surface area contributed by atoms with Crippen molar-refractivity contribution in [1.29, 1.82) is 0 Å². The molecule has 1 aliphatic rings. The predicted molar refractivity (Wildman–Crippen MR) is 96.2 cm³/mol. The highest BCUT2D eigenvalue weighted by Crippen LogP contribution is 2.38. The fourth-order valence-corrected chi connectivity index (χ4v) is 3.96. The first-order valence-electron chi connectivity index (χ1n) is 7.93. The summed E-state index contributed by atoms with van der Waals surface area (Å²) < 4.78 is 2.36. The van der Waals surface area contributed by atoms with E-state index in [-0.39, 0.29) is 0 Å². The van der Waals surface area contributed by atoms with Gasteiger partial charge in [0.1, 0.15) is 0 Å². The largest absolute Gasteiger partial charge is 0.305 e. The van der Waals surface area contributed by atoms with Gasteiger partial charge in [0.2, 0.25) is 0 Å². The van der Waals surface area contributed by atoms with Crippen LogP contribution < -0.4 is 0 Å². The second-order valence-electron chi connectivity index (χ2n) is 5.65. The molecule has 2 heterocycles. The van der Waals surface area contributed by atoms with Gasteiger partial charge in [0.05, 0.1) is 23.9 Å². The highest BCUT2D eigenvalue weighted by molar-refractivity contribution is 7.99. The van der Waals surface area contributed by atoms with E-state index in [9.17, 15) is 0 Å². The predicted octanol–water partition coefficient (Wildman–Crippen LogP) is 4.56. The van der Waals surface area contributed by atoms with E-state index in [1.54, 1.807) is 0 Å². The summed E-state index contributed by atoms with van der Waals surface area (Å²) in [5, 5.41) is 1.12. The van der Waals surface area contributed by atoms with Gasteiger partial charge in [-0.25, -0.2) is 4.98 Å². The molecule has 0 N–H and O–H groups in total. The van der Waals surface area contributed by atoms with Crippen molar-refractivity contribution >= 4 is 11.8 Å². The Kier molecular flexibility index (Phi) is 3.93. The number of hydrogen-bond donors (Lipinski definition) is 0. The number of thioether (sulfide) groups is 1. The number of nitrogens with zero attached hydrogens (tertiary/aromatic N) is 3. The second kappa shape index (κ2) is 6.22. The zero-order valence-corrected chi connectivity index (χ0v) is 14.0. The van der Waals surface area contributed by atoms with Crippen molar-refractivity contribution in [3.8, 4) is 22.5 Å². The number of benzene rings is 2. The summed E-state index contributed by atoms with van der Waals surface area (Å²) in [6.07, 6.45) is 0. The first-order chi connectivity index (χ1) is 11.4. The van der Waals surface area contributed by atoms with Crippen LogP contribution in [0, 0.1) is 0 Å². The lowest BCUT2D eigenvalue weighted by Crippen LogP contribution is -2.30. The number of aromatic nitrogens is 2. The summed E-state index contributed by atoms with van der Waals surface area (Å²) in [4.78, 5) is 7.40. The Balaban J connectivity index is 1.92. The second-order valence-corrected chi connectivity index (χ2v) is 6.57. The van der Waals surface area contributed by atoms with E-state index in [1.807, 2.05) is 11.8 Å². The van der Waals surface area contributed by atoms with Crippen LogP contribution in [0.15, 0.2) is 65.8 Å². The molecule has 0 radical (unpaired) electrons. The van der Waals surface area contributed by atoms with Crippen LogP contribution in [0.2, 0.25) is 0 Å². The van der Waals surface area contributed by atoms with Crippen LogP contribution >= 0.6 is 11.8 Å². The molecule has 0 saturated carbocycles. The van der Waals surface area contributed by atoms with Gasteiger partial charge in [-0.1, -0.05) is 79.3 Å². The molecule has 3 aromatic rings. The van der Waals surface area contributed by atoms with Crippen molar-refractivity contribution in [2.45, 2.75) is 18.7 Å². The Hall–Kier alpha value is -2.04. The molecular weight excluding hydrogens is 302 g/mol. The fourth-order valence-electron chi connectivity index (χ4n) is 2.94. The molecule has 4 rings (SSSR count). The summed E-state index contributed by atoms with van der Waals surface area (Å²) in [5.74, 6) is 1.01. The summed E-state index contributed by atoms with van der Waals surface area (Å²) in [6.45, 7) is 4.17. The minimum Gasteiger partial charge on any atom is -0.305 e. The van der Waals surface area contributed by atoms with Gasteiger partial charge in [0.25, 0.3) is 0 Å². The van der Waals surface area contributed by atoms with Gasteiger partial charge in [-0.15, -0.1) is 0 Å². The van der Waals surface area contributed by atoms with Gasteiger partial charge in [0.15, 0.2) is 5.16 Å². The van der Waals surface area contributed by atoms with Crippen molar-refractivity contribution in [2.75, 3.05) is 12.4 Å². The highest BCUT2D eigenvalue weighted by atomic mass is 32.2. The van der Waals surface area contributed by atoms with Gasteiger partial charge < -0.3 is 4.57 Å². The van der Waals surface area contributed by atoms with E-state index >= 15 is 0 Å². The third-order valence-electron chi connectivity index (χ3n) is 4.19. The molecule has 0 saturated heterocycles. The summed E-state index contributed by atoms with van der Waals surface area (Å²) >= 11 is 1.82. The first kappa shape index (κ1) is 14.5. The smallest absolute Gasteiger partial charge is 0.171 e. The van der Waals surface area contributed by atoms with Crippen molar-refractivity contribution in [3.05, 3.63) is 60.7 Å². The van der Waals surface area contributed by atoms with Crippen molar-refractivity contribution in [1.82, 2.24) is 14.5 Å². The van der Waals surface area contributed by atoms with E-state index in [0.29, 0.717) is 0 Å². The number of fused-ring (bicyclic) bond motifs is 1. The normalized spacial score (nSPS) is 14.7. The van der Waals surface area contributed by atoms with Crippen LogP contribution in [0.5, 0.6) is 0 Å². The van der Waals surface area contributed by atoms with Crippen molar-refractivity contribution < 1.29 is 0 Å². The summed E-state index contributed by atoms with van der Waals surface area (Å²) in [5.41, 5.74) is 4.70. The summed E-state index contributed by atoms with van der Waals surface area (Å²) in [7, 11) is 0. The van der Waals surface area contributed by atoms with Crippen LogP contribution in [0.1, 0.15) is 6.92 Å². The Morgan fingerprint density at radius 1 is 0.957 bits per heavy atom. The van der Waals surface area contributed by atoms with E-state index in [2.05, 4.69) is 77.1 Å². The average molecular weight is 321 g/mol. The molecule has 0 fully saturated rings. The van der Waals surface area contributed by atoms with Gasteiger partial charge in [-0.2, -0.15) is 0 Å². The van der Waals surface area contributed by atoms with Crippen molar-refractivity contribution in [3.63, 3.8) is 0 Å². The van der Waals surface area contributed by atoms with Gasteiger partial charge in [-0.05, 0) is 6.54 Å². The standard InChI is InChI=1S/C19H19N3S/c1-2-21-13-22-18(16-11-7-4-8-12-16)17(20-19(22)23-14-21)15-9-5-3-6-10-15/h3-12H,2,13-14H2,1H3. The van der Waals surface area contributed by atoms with E-state index in [0.717, 1.165) is 29.9 Å². The summed E-state index contributed by atoms with van der Waals surface area (Å²) in [6, 6.07) is 21.1. The van der Waals surface area contributed by atoms with Crippen LogP contribution in [-0.2, 0) is 6.67 Å². The van der Waals surface area contributed by atoms with Gasteiger partial charge in [0, 0.05) is 11.1 Å². The maximum Gasteiger partial charge on any atom is 0.171 e. The minimum atomic E-state index is 0.906. The van der Waals surface area contributed by atoms with E-state index < -0.39 is 0 Å². The molecule has 116 valence electrons. The Labute approximate surface area is 141 Å². The topological polar surface area (TPSA) is 21.1 Å². The van der Waals surface area contributed by atoms with Crippen LogP contribution in [0.25, 0.3) is 22.5 Å². The molecule has 4 heteroatoms. The lowest BCUT2D eigenvalue weighted by Gasteiger charge is -2.27. The van der Waals surface area contributed by atoms with Gasteiger partial charge >= 0.3 is 0 Å². The van der Waals surface area contributed by atoms with Crippen LogP contribution in [-0.4, -0.2) is 26.9 Å². The first-order valence-corrected chi connectivity index (χ1v) is 8.92. The number of imidazole rings is 1. The molecule has 1 aliphatic heterocycles. The zero-order valence-electron chi connectivity index (χ0n) is 13.1. The molecule has 0 atom stereocenters. The maximum absolute atomic E-state index is 4.97. The van der Waals surface area contributed by atoms with Crippen molar-refractivity contribution in [2.24, 2.45) is 0 Å².